The first-order valence-corrected chi connectivity index (χ1v) is 6.30. The zero-order valence-electron chi connectivity index (χ0n) is 11.3. The van der Waals surface area contributed by atoms with Gasteiger partial charge in [0.1, 0.15) is 12.1 Å². The molecule has 2 aromatic rings. The number of nitrogens with one attached hydrogen (secondary N) is 1. The molecule has 1 aromatic heterocycles. The van der Waals surface area contributed by atoms with E-state index in [9.17, 15) is 0 Å². The lowest BCUT2D eigenvalue weighted by Crippen LogP contribution is -2.09. The van der Waals surface area contributed by atoms with Crippen molar-refractivity contribution in [3.63, 3.8) is 0 Å². The molecule has 0 spiro atoms. The summed E-state index contributed by atoms with van der Waals surface area (Å²) in [6.45, 7) is 3.27. The van der Waals surface area contributed by atoms with Crippen LogP contribution in [0.5, 0.6) is 5.75 Å². The number of aryl methyl sites for hydroxylation is 1. The van der Waals surface area contributed by atoms with Gasteiger partial charge in [0.25, 0.3) is 0 Å². The Morgan fingerprint density at radius 3 is 2.95 bits per heavy atom. The SMILES string of the molecule is CCOc1cccc(NCCc2ncn(C)n2)c1N. The highest BCUT2D eigenvalue weighted by atomic mass is 16.5. The van der Waals surface area contributed by atoms with Crippen molar-refractivity contribution < 1.29 is 4.74 Å². The smallest absolute Gasteiger partial charge is 0.152 e. The van der Waals surface area contributed by atoms with Gasteiger partial charge < -0.3 is 15.8 Å². The van der Waals surface area contributed by atoms with E-state index in [1.807, 2.05) is 32.2 Å². The van der Waals surface area contributed by atoms with Crippen molar-refractivity contribution >= 4 is 11.4 Å². The van der Waals surface area contributed by atoms with E-state index in [4.69, 9.17) is 10.5 Å². The van der Waals surface area contributed by atoms with Gasteiger partial charge in [0.2, 0.25) is 0 Å². The van der Waals surface area contributed by atoms with Crippen LogP contribution >= 0.6 is 0 Å². The Bertz CT molecular complexity index is 538. The molecule has 0 unspecified atom stereocenters. The molecule has 0 amide bonds. The average molecular weight is 261 g/mol. The molecule has 0 bridgehead atoms. The molecule has 3 N–H and O–H groups in total. The van der Waals surface area contributed by atoms with Gasteiger partial charge in [0.05, 0.1) is 18.0 Å². The molecular weight excluding hydrogens is 242 g/mol. The number of hydrogen-bond acceptors (Lipinski definition) is 5. The summed E-state index contributed by atoms with van der Waals surface area (Å²) in [7, 11) is 1.85. The quantitative estimate of drug-likeness (QED) is 0.769. The van der Waals surface area contributed by atoms with E-state index in [0.29, 0.717) is 18.0 Å². The van der Waals surface area contributed by atoms with Crippen LogP contribution < -0.4 is 15.8 Å². The molecular formula is C13H19N5O. The standard InChI is InChI=1S/C13H19N5O/c1-3-19-11-6-4-5-10(13(11)14)15-8-7-12-16-9-18(2)17-12/h4-6,9,15H,3,7-8,14H2,1-2H3. The first-order chi connectivity index (χ1) is 9.20. The van der Waals surface area contributed by atoms with Crippen molar-refractivity contribution in [1.82, 2.24) is 14.8 Å². The van der Waals surface area contributed by atoms with Crippen LogP contribution in [-0.4, -0.2) is 27.9 Å². The van der Waals surface area contributed by atoms with Crippen LogP contribution in [0, 0.1) is 0 Å². The summed E-state index contributed by atoms with van der Waals surface area (Å²) in [4.78, 5) is 4.17. The van der Waals surface area contributed by atoms with Gasteiger partial charge in [-0.1, -0.05) is 6.07 Å². The maximum Gasteiger partial charge on any atom is 0.152 e. The van der Waals surface area contributed by atoms with Gasteiger partial charge in [-0.05, 0) is 19.1 Å². The molecule has 0 saturated carbocycles. The van der Waals surface area contributed by atoms with Gasteiger partial charge in [-0.3, -0.25) is 4.68 Å². The van der Waals surface area contributed by atoms with Crippen molar-refractivity contribution in [3.8, 4) is 5.75 Å². The second-order valence-corrected chi connectivity index (χ2v) is 4.16. The number of para-hydroxylation sites is 1. The van der Waals surface area contributed by atoms with Gasteiger partial charge in [0, 0.05) is 20.0 Å². The summed E-state index contributed by atoms with van der Waals surface area (Å²) >= 11 is 0. The Kier molecular flexibility index (Phi) is 4.22. The van der Waals surface area contributed by atoms with Crippen molar-refractivity contribution in [2.45, 2.75) is 13.3 Å². The van der Waals surface area contributed by atoms with E-state index in [1.54, 1.807) is 11.0 Å². The monoisotopic (exact) mass is 261 g/mol. The number of benzene rings is 1. The predicted octanol–water partition coefficient (Wildman–Crippen LogP) is 1.45. The van der Waals surface area contributed by atoms with E-state index in [2.05, 4.69) is 15.4 Å². The lowest BCUT2D eigenvalue weighted by molar-refractivity contribution is 0.342. The fourth-order valence-electron chi connectivity index (χ4n) is 1.79. The van der Waals surface area contributed by atoms with Gasteiger partial charge >= 0.3 is 0 Å². The highest BCUT2D eigenvalue weighted by Crippen LogP contribution is 2.29. The molecule has 0 saturated heterocycles. The van der Waals surface area contributed by atoms with Crippen molar-refractivity contribution in [2.24, 2.45) is 7.05 Å². The Balaban J connectivity index is 1.94. The van der Waals surface area contributed by atoms with Crippen LogP contribution in [0.15, 0.2) is 24.5 Å². The summed E-state index contributed by atoms with van der Waals surface area (Å²) < 4.78 is 7.15. The molecule has 0 atom stereocenters. The number of aromatic nitrogens is 3. The maximum atomic E-state index is 6.03. The highest BCUT2D eigenvalue weighted by molar-refractivity contribution is 5.72. The molecule has 0 aliphatic heterocycles. The van der Waals surface area contributed by atoms with E-state index < -0.39 is 0 Å². The van der Waals surface area contributed by atoms with Crippen LogP contribution in [0.4, 0.5) is 11.4 Å². The normalized spacial score (nSPS) is 10.4. The Morgan fingerprint density at radius 1 is 1.42 bits per heavy atom. The van der Waals surface area contributed by atoms with Gasteiger partial charge in [-0.25, -0.2) is 4.98 Å². The largest absolute Gasteiger partial charge is 0.492 e. The van der Waals surface area contributed by atoms with Crippen LogP contribution in [0.3, 0.4) is 0 Å². The number of nitrogens with two attached hydrogens (primary N) is 1. The minimum Gasteiger partial charge on any atom is -0.492 e. The first kappa shape index (κ1) is 13.2. The summed E-state index contributed by atoms with van der Waals surface area (Å²) in [6.07, 6.45) is 2.44. The average Bonchev–Trinajstić information content (AvgIpc) is 2.80. The van der Waals surface area contributed by atoms with E-state index in [1.165, 1.54) is 0 Å². The highest BCUT2D eigenvalue weighted by Gasteiger charge is 2.05. The lowest BCUT2D eigenvalue weighted by atomic mass is 10.2. The third-order valence-electron chi connectivity index (χ3n) is 2.68. The number of rotatable bonds is 6. The fourth-order valence-corrected chi connectivity index (χ4v) is 1.79. The summed E-state index contributed by atoms with van der Waals surface area (Å²) in [5.74, 6) is 1.53. The fraction of sp³-hybridized carbons (Fsp3) is 0.385. The number of anilines is 2. The molecule has 2 rings (SSSR count). The lowest BCUT2D eigenvalue weighted by Gasteiger charge is -2.12. The second-order valence-electron chi connectivity index (χ2n) is 4.16. The number of hydrogen-bond donors (Lipinski definition) is 2. The molecule has 1 heterocycles. The van der Waals surface area contributed by atoms with Crippen LogP contribution in [0.1, 0.15) is 12.7 Å². The predicted molar refractivity (Wildman–Crippen MR) is 75.2 cm³/mol. The zero-order valence-corrected chi connectivity index (χ0v) is 11.3. The first-order valence-electron chi connectivity index (χ1n) is 6.30. The minimum absolute atomic E-state index is 0.603. The van der Waals surface area contributed by atoms with E-state index >= 15 is 0 Å². The van der Waals surface area contributed by atoms with Crippen molar-refractivity contribution in [2.75, 3.05) is 24.2 Å². The summed E-state index contributed by atoms with van der Waals surface area (Å²) in [5, 5.41) is 7.50. The van der Waals surface area contributed by atoms with Crippen molar-refractivity contribution in [1.29, 1.82) is 0 Å². The molecule has 6 heteroatoms. The third-order valence-corrected chi connectivity index (χ3v) is 2.68. The maximum absolute atomic E-state index is 6.03. The minimum atomic E-state index is 0.603. The van der Waals surface area contributed by atoms with Crippen LogP contribution in [-0.2, 0) is 13.5 Å². The Hall–Kier alpha value is -2.24. The van der Waals surface area contributed by atoms with Crippen LogP contribution in [0.2, 0.25) is 0 Å². The second kappa shape index (κ2) is 6.08. The third kappa shape index (κ3) is 3.37. The molecule has 0 aliphatic carbocycles. The molecule has 102 valence electrons. The van der Waals surface area contributed by atoms with Crippen LogP contribution in [0.25, 0.3) is 0 Å². The summed E-state index contributed by atoms with van der Waals surface area (Å²) in [5.41, 5.74) is 7.54. The Morgan fingerprint density at radius 2 is 2.26 bits per heavy atom. The van der Waals surface area contributed by atoms with Crippen molar-refractivity contribution in [3.05, 3.63) is 30.4 Å². The molecule has 0 radical (unpaired) electrons. The molecule has 19 heavy (non-hydrogen) atoms. The molecule has 6 nitrogen and oxygen atoms in total. The van der Waals surface area contributed by atoms with Gasteiger partial charge in [-0.2, -0.15) is 5.10 Å². The zero-order chi connectivity index (χ0) is 13.7. The van der Waals surface area contributed by atoms with E-state index in [0.717, 1.165) is 24.5 Å². The van der Waals surface area contributed by atoms with Gasteiger partial charge in [0.15, 0.2) is 5.82 Å². The molecule has 1 aromatic carbocycles. The summed E-state index contributed by atoms with van der Waals surface area (Å²) in [6, 6.07) is 5.72. The molecule has 0 fully saturated rings. The Labute approximate surface area is 112 Å². The van der Waals surface area contributed by atoms with E-state index in [-0.39, 0.29) is 0 Å². The number of ether oxygens (including phenoxy) is 1. The molecule has 0 aliphatic rings. The number of nitrogens with zero attached hydrogens (tertiary/aromatic N) is 3. The topological polar surface area (TPSA) is 78.0 Å². The number of nitrogen functional groups attached to an aromatic ring is 1. The van der Waals surface area contributed by atoms with Gasteiger partial charge in [-0.15, -0.1) is 0 Å².